The number of nitrogens with one attached hydrogen (secondary N) is 1. The number of hydrogen-bond donors (Lipinski definition) is 1. The van der Waals surface area contributed by atoms with Crippen molar-refractivity contribution < 1.29 is 14.5 Å². The Balaban J connectivity index is 2.34. The maximum absolute atomic E-state index is 11.7. The van der Waals surface area contributed by atoms with Crippen LogP contribution in [0.4, 0.5) is 4.79 Å². The van der Waals surface area contributed by atoms with Crippen molar-refractivity contribution in [2.75, 3.05) is 6.54 Å². The highest BCUT2D eigenvalue weighted by atomic mass is 16.7. The first-order valence-corrected chi connectivity index (χ1v) is 10.8. The van der Waals surface area contributed by atoms with E-state index in [1.807, 2.05) is 25.1 Å². The molecule has 162 valence electrons. The van der Waals surface area contributed by atoms with Crippen LogP contribution in [0.15, 0.2) is 35.5 Å². The molecule has 0 spiro atoms. The first-order valence-electron chi connectivity index (χ1n) is 10.8. The molecule has 0 aromatic heterocycles. The van der Waals surface area contributed by atoms with Gasteiger partial charge in [0, 0.05) is 24.4 Å². The topological polar surface area (TPSA) is 63.2 Å². The van der Waals surface area contributed by atoms with Crippen molar-refractivity contribution in [1.82, 2.24) is 10.4 Å². The summed E-state index contributed by atoms with van der Waals surface area (Å²) in [6.45, 7) is 15.3. The summed E-state index contributed by atoms with van der Waals surface area (Å²) in [7, 11) is 0. The van der Waals surface area contributed by atoms with Gasteiger partial charge in [-0.3, -0.25) is 9.68 Å². The molecule has 4 unspecified atom stereocenters. The lowest BCUT2D eigenvalue weighted by atomic mass is 9.70. The van der Waals surface area contributed by atoms with Gasteiger partial charge in [-0.25, -0.2) is 4.79 Å². The van der Waals surface area contributed by atoms with E-state index < -0.39 is 6.09 Å². The highest BCUT2D eigenvalue weighted by Gasteiger charge is 2.53. The molecule has 0 bridgehead atoms. The molecule has 29 heavy (non-hydrogen) atoms. The van der Waals surface area contributed by atoms with E-state index in [1.54, 1.807) is 0 Å². The molecular weight excluding hydrogens is 366 g/mol. The van der Waals surface area contributed by atoms with Gasteiger partial charge in [0.2, 0.25) is 0 Å². The van der Waals surface area contributed by atoms with E-state index in [-0.39, 0.29) is 23.1 Å². The van der Waals surface area contributed by atoms with Crippen LogP contribution >= 0.6 is 0 Å². The molecule has 0 saturated carbocycles. The van der Waals surface area contributed by atoms with Gasteiger partial charge in [0.15, 0.2) is 0 Å². The number of piperidine rings is 1. The van der Waals surface area contributed by atoms with Gasteiger partial charge in [-0.1, -0.05) is 56.3 Å². The zero-order valence-electron chi connectivity index (χ0n) is 19.0. The third-order valence-electron chi connectivity index (χ3n) is 6.53. The molecule has 0 radical (unpaired) electrons. The Morgan fingerprint density at radius 2 is 1.90 bits per heavy atom. The van der Waals surface area contributed by atoms with Crippen molar-refractivity contribution >= 4 is 11.8 Å². The highest BCUT2D eigenvalue weighted by molar-refractivity contribution is 5.89. The number of hydrogen-bond acceptors (Lipinski definition) is 5. The van der Waals surface area contributed by atoms with Crippen LogP contribution in [0.2, 0.25) is 0 Å². The fraction of sp³-hybridized carbons (Fsp3) is 0.652. The largest absolute Gasteiger partial charge is 0.433 e. The van der Waals surface area contributed by atoms with Crippen molar-refractivity contribution in [1.29, 1.82) is 0 Å². The lowest BCUT2D eigenvalue weighted by molar-refractivity contribution is -0.310. The molecule has 4 atom stereocenters. The molecule has 1 N–H and O–H groups in total. The second kappa shape index (κ2) is 9.72. The molecule has 2 rings (SSSR count). The van der Waals surface area contributed by atoms with Crippen molar-refractivity contribution in [3.63, 3.8) is 0 Å². The lowest BCUT2D eigenvalue weighted by Crippen LogP contribution is -2.66. The predicted octanol–water partition coefficient (Wildman–Crippen LogP) is 5.46. The van der Waals surface area contributed by atoms with Crippen LogP contribution in [-0.4, -0.2) is 34.5 Å². The van der Waals surface area contributed by atoms with Crippen LogP contribution in [0.5, 0.6) is 0 Å². The summed E-state index contributed by atoms with van der Waals surface area (Å²) in [5.41, 5.74) is 1.51. The molecule has 1 aromatic carbocycles. The summed E-state index contributed by atoms with van der Waals surface area (Å²) >= 11 is 0. The van der Waals surface area contributed by atoms with E-state index in [0.717, 1.165) is 24.1 Å². The Morgan fingerprint density at radius 3 is 2.45 bits per heavy atom. The first-order chi connectivity index (χ1) is 13.7. The Morgan fingerprint density at radius 1 is 1.24 bits per heavy atom. The average Bonchev–Trinajstić information content (AvgIpc) is 2.73. The van der Waals surface area contributed by atoms with E-state index in [1.165, 1.54) is 0 Å². The summed E-state index contributed by atoms with van der Waals surface area (Å²) in [6.07, 6.45) is 1.87. The highest BCUT2D eigenvalue weighted by Crippen LogP contribution is 2.46. The molecule has 0 aliphatic carbocycles. The quantitative estimate of drug-likeness (QED) is 0.485. The summed E-state index contributed by atoms with van der Waals surface area (Å²) in [6, 6.07) is 10.3. The minimum absolute atomic E-state index is 0.0646. The van der Waals surface area contributed by atoms with Crippen LogP contribution < -0.4 is 5.32 Å². The standard InChI is InChI=1S/C23H37N3O3/c1-8-22(6)16-20(25-28-21(27)24-10-3)17(4)23(7,9-2)26(22)29-18(5)19-14-12-11-13-15-19/h11-15,17-18H,8-10,16H2,1-7H3,(H,24,27)/b25-20-. The normalized spacial score (nSPS) is 30.2. The van der Waals surface area contributed by atoms with E-state index in [4.69, 9.17) is 9.68 Å². The van der Waals surface area contributed by atoms with Crippen molar-refractivity contribution in [3.05, 3.63) is 35.9 Å². The molecule has 1 fully saturated rings. The van der Waals surface area contributed by atoms with Gasteiger partial charge >= 0.3 is 6.09 Å². The fourth-order valence-corrected chi connectivity index (χ4v) is 4.06. The number of carbonyl (C=O) groups excluding carboxylic acids is 1. The predicted molar refractivity (Wildman–Crippen MR) is 117 cm³/mol. The average molecular weight is 404 g/mol. The Bertz CT molecular complexity index is 709. The maximum Gasteiger partial charge on any atom is 0.433 e. The van der Waals surface area contributed by atoms with Crippen LogP contribution in [0, 0.1) is 5.92 Å². The summed E-state index contributed by atoms with van der Waals surface area (Å²) in [5, 5.41) is 9.08. The first kappa shape index (κ1) is 23.4. The Kier molecular flexibility index (Phi) is 7.83. The molecule has 1 aliphatic heterocycles. The van der Waals surface area contributed by atoms with Gasteiger partial charge in [-0.15, -0.1) is 0 Å². The van der Waals surface area contributed by atoms with Gasteiger partial charge in [-0.2, -0.15) is 5.06 Å². The number of benzene rings is 1. The molecule has 1 saturated heterocycles. The molecule has 6 nitrogen and oxygen atoms in total. The third kappa shape index (κ3) is 4.98. The number of oxime groups is 1. The van der Waals surface area contributed by atoms with Gasteiger partial charge in [0.05, 0.1) is 11.3 Å². The molecule has 1 heterocycles. The van der Waals surface area contributed by atoms with Crippen molar-refractivity contribution in [2.24, 2.45) is 11.1 Å². The molecule has 1 aliphatic rings. The van der Waals surface area contributed by atoms with E-state index >= 15 is 0 Å². The number of amides is 1. The molecule has 1 aromatic rings. The Labute approximate surface area is 175 Å². The molecule has 1 amide bonds. The summed E-state index contributed by atoms with van der Waals surface area (Å²) in [4.78, 5) is 23.5. The molecular formula is C23H37N3O3. The SMILES string of the molecule is CCNC(=O)O/N=C1/CC(C)(CC)N(OC(C)c2ccccc2)C(C)(CC)C1C. The van der Waals surface area contributed by atoms with Crippen LogP contribution in [0.3, 0.4) is 0 Å². The third-order valence-corrected chi connectivity index (χ3v) is 6.53. The number of hydroxylamine groups is 2. The van der Waals surface area contributed by atoms with E-state index in [9.17, 15) is 4.79 Å². The smallest absolute Gasteiger partial charge is 0.320 e. The summed E-state index contributed by atoms with van der Waals surface area (Å²) < 4.78 is 0. The minimum atomic E-state index is -0.514. The number of nitrogens with zero attached hydrogens (tertiary/aromatic N) is 2. The number of rotatable bonds is 7. The van der Waals surface area contributed by atoms with Gasteiger partial charge < -0.3 is 5.32 Å². The van der Waals surface area contributed by atoms with Gasteiger partial charge in [0.25, 0.3) is 0 Å². The van der Waals surface area contributed by atoms with Gasteiger partial charge in [0.1, 0.15) is 6.10 Å². The number of carbonyl (C=O) groups is 1. The van der Waals surface area contributed by atoms with Crippen LogP contribution in [-0.2, 0) is 9.68 Å². The van der Waals surface area contributed by atoms with Gasteiger partial charge in [-0.05, 0) is 46.1 Å². The minimum Gasteiger partial charge on any atom is -0.320 e. The fourth-order valence-electron chi connectivity index (χ4n) is 4.06. The molecule has 6 heteroatoms. The van der Waals surface area contributed by atoms with E-state index in [2.05, 4.69) is 69.2 Å². The van der Waals surface area contributed by atoms with E-state index in [0.29, 0.717) is 13.0 Å². The Hall–Kier alpha value is -1.92. The lowest BCUT2D eigenvalue weighted by Gasteiger charge is -2.57. The van der Waals surface area contributed by atoms with Crippen LogP contribution in [0.1, 0.15) is 79.4 Å². The summed E-state index contributed by atoms with van der Waals surface area (Å²) in [5.74, 6) is 0.0736. The van der Waals surface area contributed by atoms with Crippen molar-refractivity contribution in [2.45, 2.75) is 84.9 Å². The monoisotopic (exact) mass is 403 g/mol. The maximum atomic E-state index is 11.7. The zero-order valence-corrected chi connectivity index (χ0v) is 19.0. The second-order valence-electron chi connectivity index (χ2n) is 8.40. The zero-order chi connectivity index (χ0) is 21.7. The second-order valence-corrected chi connectivity index (χ2v) is 8.40. The van der Waals surface area contributed by atoms with Crippen molar-refractivity contribution in [3.8, 4) is 0 Å². The van der Waals surface area contributed by atoms with Crippen LogP contribution in [0.25, 0.3) is 0 Å².